The Labute approximate surface area is 151 Å². The summed E-state index contributed by atoms with van der Waals surface area (Å²) < 4.78 is 0. The minimum absolute atomic E-state index is 0.160. The molecule has 1 N–H and O–H groups in total. The molecule has 6 heteroatoms. The van der Waals surface area contributed by atoms with Crippen LogP contribution in [0, 0.1) is 0 Å². The fraction of sp³-hybridized carbons (Fsp3) is 0.222. The van der Waals surface area contributed by atoms with Gasteiger partial charge in [0.2, 0.25) is 5.91 Å². The van der Waals surface area contributed by atoms with E-state index in [1.807, 2.05) is 6.92 Å². The molecule has 0 radical (unpaired) electrons. The van der Waals surface area contributed by atoms with Gasteiger partial charge in [0.05, 0.1) is 15.7 Å². The van der Waals surface area contributed by atoms with Crippen molar-refractivity contribution in [2.24, 2.45) is 0 Å². The Bertz CT molecular complexity index is 745. The molecule has 4 nitrogen and oxygen atoms in total. The fourth-order valence-corrected chi connectivity index (χ4v) is 2.71. The summed E-state index contributed by atoms with van der Waals surface area (Å²) in [6.45, 7) is 3.94. The normalized spacial score (nSPS) is 10.3. The molecular weight excluding hydrogens is 347 g/mol. The average Bonchev–Trinajstić information content (AvgIpc) is 2.55. The topological polar surface area (TPSA) is 49.4 Å². The first-order chi connectivity index (χ1) is 11.4. The molecule has 24 heavy (non-hydrogen) atoms. The van der Waals surface area contributed by atoms with Gasteiger partial charge in [-0.05, 0) is 42.8 Å². The van der Waals surface area contributed by atoms with E-state index in [0.717, 1.165) is 6.42 Å². The van der Waals surface area contributed by atoms with Crippen LogP contribution in [-0.4, -0.2) is 18.4 Å². The van der Waals surface area contributed by atoms with Crippen LogP contribution < -0.4 is 10.2 Å². The van der Waals surface area contributed by atoms with Crippen LogP contribution >= 0.6 is 23.2 Å². The first-order valence-corrected chi connectivity index (χ1v) is 8.33. The number of hydrogen-bond acceptors (Lipinski definition) is 2. The second-order valence-corrected chi connectivity index (χ2v) is 6.07. The van der Waals surface area contributed by atoms with Gasteiger partial charge >= 0.3 is 0 Å². The maximum Gasteiger partial charge on any atom is 0.258 e. The first-order valence-electron chi connectivity index (χ1n) is 7.57. The third-order valence-electron chi connectivity index (χ3n) is 3.37. The minimum Gasteiger partial charge on any atom is -0.326 e. The molecule has 0 bridgehead atoms. The van der Waals surface area contributed by atoms with E-state index < -0.39 is 0 Å². The summed E-state index contributed by atoms with van der Waals surface area (Å²) in [5.74, 6) is -0.331. The molecule has 0 spiro atoms. The van der Waals surface area contributed by atoms with E-state index in [4.69, 9.17) is 23.2 Å². The van der Waals surface area contributed by atoms with Crippen LogP contribution in [0.3, 0.4) is 0 Å². The van der Waals surface area contributed by atoms with Crippen molar-refractivity contribution in [3.8, 4) is 0 Å². The van der Waals surface area contributed by atoms with Crippen molar-refractivity contribution in [3.05, 3.63) is 58.1 Å². The van der Waals surface area contributed by atoms with Gasteiger partial charge in [-0.15, -0.1) is 0 Å². The number of carbonyl (C=O) groups excluding carboxylic acids is 2. The molecule has 2 amide bonds. The molecule has 0 atom stereocenters. The summed E-state index contributed by atoms with van der Waals surface area (Å²) in [5.41, 5.74) is 1.73. The third-order valence-corrected chi connectivity index (χ3v) is 4.18. The van der Waals surface area contributed by atoms with Crippen LogP contribution in [0.25, 0.3) is 0 Å². The van der Waals surface area contributed by atoms with E-state index >= 15 is 0 Å². The highest BCUT2D eigenvalue weighted by Crippen LogP contribution is 2.33. The summed E-state index contributed by atoms with van der Waals surface area (Å²) in [7, 11) is 0. The molecule has 0 fully saturated rings. The zero-order valence-corrected chi connectivity index (χ0v) is 15.0. The van der Waals surface area contributed by atoms with E-state index in [1.54, 1.807) is 47.4 Å². The van der Waals surface area contributed by atoms with E-state index in [-0.39, 0.29) is 11.8 Å². The highest BCUT2D eigenvalue weighted by Gasteiger charge is 2.20. The van der Waals surface area contributed by atoms with Crippen LogP contribution in [0.1, 0.15) is 30.6 Å². The van der Waals surface area contributed by atoms with Gasteiger partial charge in [0.15, 0.2) is 0 Å². The van der Waals surface area contributed by atoms with Gasteiger partial charge in [-0.1, -0.05) is 36.2 Å². The Morgan fingerprint density at radius 1 is 1.08 bits per heavy atom. The van der Waals surface area contributed by atoms with Crippen LogP contribution in [0.5, 0.6) is 0 Å². The molecule has 0 saturated carbocycles. The Balaban J connectivity index is 2.32. The molecule has 2 aromatic rings. The standard InChI is InChI=1S/C18H18Cl2N2O2/c1-3-11-22(16-6-4-5-15(19)17(16)20)18(24)13-7-9-14(10-8-13)21-12(2)23/h4-10H,3,11H2,1-2H3,(H,21,23). The number of hydrogen-bond donors (Lipinski definition) is 1. The number of anilines is 2. The molecule has 2 rings (SSSR count). The van der Waals surface area contributed by atoms with Crippen molar-refractivity contribution in [1.29, 1.82) is 0 Å². The minimum atomic E-state index is -0.171. The van der Waals surface area contributed by atoms with Gasteiger partial charge in [-0.25, -0.2) is 0 Å². The Morgan fingerprint density at radius 2 is 1.75 bits per heavy atom. The largest absolute Gasteiger partial charge is 0.326 e. The predicted octanol–water partition coefficient (Wildman–Crippen LogP) is 5.01. The number of nitrogens with one attached hydrogen (secondary N) is 1. The highest BCUT2D eigenvalue weighted by molar-refractivity contribution is 6.44. The summed E-state index contributed by atoms with van der Waals surface area (Å²) >= 11 is 12.3. The van der Waals surface area contributed by atoms with Crippen molar-refractivity contribution in [2.75, 3.05) is 16.8 Å². The number of rotatable bonds is 5. The van der Waals surface area contributed by atoms with Crippen molar-refractivity contribution in [2.45, 2.75) is 20.3 Å². The third kappa shape index (κ3) is 4.28. The lowest BCUT2D eigenvalue weighted by Gasteiger charge is -2.24. The van der Waals surface area contributed by atoms with Crippen molar-refractivity contribution in [1.82, 2.24) is 0 Å². The van der Waals surface area contributed by atoms with Crippen LogP contribution in [-0.2, 0) is 4.79 Å². The fourth-order valence-electron chi connectivity index (χ4n) is 2.31. The molecule has 0 unspecified atom stereocenters. The lowest BCUT2D eigenvalue weighted by molar-refractivity contribution is -0.114. The zero-order valence-electron chi connectivity index (χ0n) is 13.5. The number of benzene rings is 2. The quantitative estimate of drug-likeness (QED) is 0.810. The van der Waals surface area contributed by atoms with Gasteiger partial charge < -0.3 is 10.2 Å². The van der Waals surface area contributed by atoms with Gasteiger partial charge in [-0.2, -0.15) is 0 Å². The second-order valence-electron chi connectivity index (χ2n) is 5.29. The molecule has 0 aliphatic heterocycles. The zero-order chi connectivity index (χ0) is 17.7. The van der Waals surface area contributed by atoms with E-state index in [1.165, 1.54) is 6.92 Å². The van der Waals surface area contributed by atoms with Gasteiger partial charge in [0.1, 0.15) is 0 Å². The van der Waals surface area contributed by atoms with Crippen molar-refractivity contribution in [3.63, 3.8) is 0 Å². The summed E-state index contributed by atoms with van der Waals surface area (Å²) in [5, 5.41) is 3.43. The van der Waals surface area contributed by atoms with E-state index in [9.17, 15) is 9.59 Å². The monoisotopic (exact) mass is 364 g/mol. The molecule has 0 aromatic heterocycles. The first kappa shape index (κ1) is 18.3. The maximum absolute atomic E-state index is 12.9. The highest BCUT2D eigenvalue weighted by atomic mass is 35.5. The predicted molar refractivity (Wildman–Crippen MR) is 99.2 cm³/mol. The van der Waals surface area contributed by atoms with Crippen LogP contribution in [0.4, 0.5) is 11.4 Å². The summed E-state index contributed by atoms with van der Waals surface area (Å²) in [6, 6.07) is 12.0. The van der Waals surface area contributed by atoms with E-state index in [0.29, 0.717) is 33.5 Å². The van der Waals surface area contributed by atoms with Gasteiger partial charge in [0, 0.05) is 24.7 Å². The summed E-state index contributed by atoms with van der Waals surface area (Å²) in [6.07, 6.45) is 0.776. The second kappa shape index (κ2) is 8.18. The number of amides is 2. The summed E-state index contributed by atoms with van der Waals surface area (Å²) in [4.78, 5) is 25.5. The lowest BCUT2D eigenvalue weighted by Crippen LogP contribution is -2.32. The Kier molecular flexibility index (Phi) is 6.23. The smallest absolute Gasteiger partial charge is 0.258 e. The molecular formula is C18H18Cl2N2O2. The SMILES string of the molecule is CCCN(C(=O)c1ccc(NC(C)=O)cc1)c1cccc(Cl)c1Cl. The molecule has 0 heterocycles. The van der Waals surface area contributed by atoms with Gasteiger partial charge in [-0.3, -0.25) is 9.59 Å². The molecule has 0 aliphatic rings. The number of carbonyl (C=O) groups is 2. The lowest BCUT2D eigenvalue weighted by atomic mass is 10.1. The molecule has 126 valence electrons. The average molecular weight is 365 g/mol. The van der Waals surface area contributed by atoms with Crippen molar-refractivity contribution >= 4 is 46.4 Å². The Morgan fingerprint density at radius 3 is 2.33 bits per heavy atom. The van der Waals surface area contributed by atoms with Crippen LogP contribution in [0.2, 0.25) is 10.0 Å². The molecule has 2 aromatic carbocycles. The molecule has 0 saturated heterocycles. The number of nitrogens with zero attached hydrogens (tertiary/aromatic N) is 1. The Hall–Kier alpha value is -2.04. The van der Waals surface area contributed by atoms with E-state index in [2.05, 4.69) is 5.32 Å². The number of halogens is 2. The van der Waals surface area contributed by atoms with Crippen molar-refractivity contribution < 1.29 is 9.59 Å². The van der Waals surface area contributed by atoms with Gasteiger partial charge in [0.25, 0.3) is 5.91 Å². The maximum atomic E-state index is 12.9. The molecule has 0 aliphatic carbocycles. The van der Waals surface area contributed by atoms with Crippen LogP contribution in [0.15, 0.2) is 42.5 Å².